The largest absolute Gasteiger partial charge is 0.491 e. The van der Waals surface area contributed by atoms with Gasteiger partial charge in [0.15, 0.2) is 11.5 Å². The molecule has 0 spiro atoms. The first-order valence-corrected chi connectivity index (χ1v) is 9.36. The SMILES string of the molecule is C=c1ccc2c(c1)Oc1cc(OCc3ccc(OC(C)C)c(C)c3)ccc1N=2. The molecule has 142 valence electrons. The van der Waals surface area contributed by atoms with Crippen molar-refractivity contribution in [3.63, 3.8) is 0 Å². The zero-order valence-electron chi connectivity index (χ0n) is 16.4. The van der Waals surface area contributed by atoms with Crippen LogP contribution in [0.5, 0.6) is 23.0 Å². The summed E-state index contributed by atoms with van der Waals surface area (Å²) in [7, 11) is 0. The van der Waals surface area contributed by atoms with Gasteiger partial charge in [-0.3, -0.25) is 0 Å². The first kappa shape index (κ1) is 18.1. The molecule has 4 rings (SSSR count). The van der Waals surface area contributed by atoms with Crippen LogP contribution in [-0.4, -0.2) is 6.10 Å². The molecule has 0 radical (unpaired) electrons. The molecular weight excluding hydrogens is 350 g/mol. The summed E-state index contributed by atoms with van der Waals surface area (Å²) in [5, 5.41) is 1.71. The molecular formula is C24H23NO3. The quantitative estimate of drug-likeness (QED) is 0.503. The van der Waals surface area contributed by atoms with E-state index in [-0.39, 0.29) is 6.10 Å². The van der Waals surface area contributed by atoms with Crippen LogP contribution in [0.15, 0.2) is 59.6 Å². The van der Waals surface area contributed by atoms with Crippen molar-refractivity contribution in [1.29, 1.82) is 0 Å². The lowest BCUT2D eigenvalue weighted by molar-refractivity contribution is 0.240. The van der Waals surface area contributed by atoms with Crippen molar-refractivity contribution in [2.75, 3.05) is 0 Å². The summed E-state index contributed by atoms with van der Waals surface area (Å²) in [6.45, 7) is 10.5. The average molecular weight is 373 g/mol. The second kappa shape index (κ2) is 7.39. The Morgan fingerprint density at radius 1 is 1.00 bits per heavy atom. The summed E-state index contributed by atoms with van der Waals surface area (Å²) in [5.41, 5.74) is 2.98. The summed E-state index contributed by atoms with van der Waals surface area (Å²) in [5.74, 6) is 3.05. The predicted molar refractivity (Wildman–Crippen MR) is 110 cm³/mol. The third kappa shape index (κ3) is 3.86. The van der Waals surface area contributed by atoms with E-state index in [0.29, 0.717) is 18.1 Å². The highest BCUT2D eigenvalue weighted by Gasteiger charge is 2.13. The molecule has 28 heavy (non-hydrogen) atoms. The molecule has 1 aliphatic rings. The molecule has 0 bridgehead atoms. The average Bonchev–Trinajstić information content (AvgIpc) is 2.66. The van der Waals surface area contributed by atoms with Crippen molar-refractivity contribution in [2.24, 2.45) is 4.99 Å². The van der Waals surface area contributed by atoms with Crippen molar-refractivity contribution >= 4 is 12.3 Å². The number of nitrogens with zero attached hydrogens (tertiary/aromatic N) is 1. The van der Waals surface area contributed by atoms with E-state index in [4.69, 9.17) is 14.2 Å². The van der Waals surface area contributed by atoms with Gasteiger partial charge in [-0.2, -0.15) is 0 Å². The van der Waals surface area contributed by atoms with Gasteiger partial charge in [-0.15, -0.1) is 0 Å². The molecule has 0 N–H and O–H groups in total. The number of fused-ring (bicyclic) bond motifs is 2. The highest BCUT2D eigenvalue weighted by molar-refractivity contribution is 5.58. The van der Waals surface area contributed by atoms with Gasteiger partial charge in [0.1, 0.15) is 29.2 Å². The Balaban J connectivity index is 1.49. The lowest BCUT2D eigenvalue weighted by atomic mass is 10.1. The van der Waals surface area contributed by atoms with Crippen molar-refractivity contribution in [2.45, 2.75) is 33.5 Å². The third-order valence-electron chi connectivity index (χ3n) is 4.42. The van der Waals surface area contributed by atoms with E-state index >= 15 is 0 Å². The van der Waals surface area contributed by atoms with Crippen LogP contribution >= 0.6 is 0 Å². The zero-order valence-corrected chi connectivity index (χ0v) is 16.4. The van der Waals surface area contributed by atoms with Crippen molar-refractivity contribution in [3.8, 4) is 23.0 Å². The van der Waals surface area contributed by atoms with Crippen molar-refractivity contribution in [1.82, 2.24) is 0 Å². The first-order chi connectivity index (χ1) is 13.5. The molecule has 4 heteroatoms. The van der Waals surface area contributed by atoms with E-state index in [0.717, 1.165) is 38.9 Å². The van der Waals surface area contributed by atoms with Crippen LogP contribution in [0.2, 0.25) is 0 Å². The molecule has 3 aromatic rings. The number of aryl methyl sites for hydroxylation is 1. The minimum absolute atomic E-state index is 0.159. The molecule has 0 unspecified atom stereocenters. The molecule has 0 amide bonds. The highest BCUT2D eigenvalue weighted by Crippen LogP contribution is 2.36. The summed E-state index contributed by atoms with van der Waals surface area (Å²) < 4.78 is 17.8. The Morgan fingerprint density at radius 3 is 2.64 bits per heavy atom. The van der Waals surface area contributed by atoms with E-state index in [1.54, 1.807) is 0 Å². The first-order valence-electron chi connectivity index (χ1n) is 9.36. The lowest BCUT2D eigenvalue weighted by Crippen LogP contribution is -2.13. The monoisotopic (exact) mass is 373 g/mol. The molecule has 3 aromatic carbocycles. The summed E-state index contributed by atoms with van der Waals surface area (Å²) in [4.78, 5) is 4.63. The van der Waals surface area contributed by atoms with Gasteiger partial charge < -0.3 is 14.2 Å². The van der Waals surface area contributed by atoms with Gasteiger partial charge in [-0.25, -0.2) is 4.99 Å². The van der Waals surface area contributed by atoms with Crippen LogP contribution in [0.1, 0.15) is 25.0 Å². The maximum Gasteiger partial charge on any atom is 0.156 e. The molecule has 4 nitrogen and oxygen atoms in total. The standard InChI is InChI=1S/C24H23NO3/c1-15(2)27-22-10-6-18(12-17(22)4)14-26-19-7-9-21-24(13-19)28-23-11-16(3)5-8-20(23)25-21/h5-13,15H,3,14H2,1-2,4H3. The fraction of sp³-hybridized carbons (Fsp3) is 0.208. The van der Waals surface area contributed by atoms with E-state index in [9.17, 15) is 0 Å². The van der Waals surface area contributed by atoms with Gasteiger partial charge in [0.05, 0.1) is 6.10 Å². The summed E-state index contributed by atoms with van der Waals surface area (Å²) >= 11 is 0. The van der Waals surface area contributed by atoms with Gasteiger partial charge in [-0.05, 0) is 73.5 Å². The Kier molecular flexibility index (Phi) is 4.78. The van der Waals surface area contributed by atoms with Gasteiger partial charge in [-0.1, -0.05) is 18.7 Å². The number of hydrogen-bond donors (Lipinski definition) is 0. The highest BCUT2D eigenvalue weighted by atomic mass is 16.5. The fourth-order valence-electron chi connectivity index (χ4n) is 3.09. The van der Waals surface area contributed by atoms with E-state index < -0.39 is 0 Å². The van der Waals surface area contributed by atoms with Crippen LogP contribution in [0.4, 0.5) is 5.69 Å². The molecule has 0 atom stereocenters. The number of rotatable bonds is 5. The second-order valence-corrected chi connectivity index (χ2v) is 7.20. The van der Waals surface area contributed by atoms with Crippen LogP contribution in [0.25, 0.3) is 6.58 Å². The van der Waals surface area contributed by atoms with Crippen LogP contribution in [0.3, 0.4) is 0 Å². The van der Waals surface area contributed by atoms with Crippen LogP contribution in [0, 0.1) is 6.92 Å². The number of benzene rings is 3. The zero-order chi connectivity index (χ0) is 19.7. The Hall–Kier alpha value is -3.27. The molecule has 0 aliphatic carbocycles. The third-order valence-corrected chi connectivity index (χ3v) is 4.42. The van der Waals surface area contributed by atoms with Crippen LogP contribution < -0.4 is 24.8 Å². The molecule has 1 aliphatic heterocycles. The molecule has 0 aromatic heterocycles. The van der Waals surface area contributed by atoms with Gasteiger partial charge in [0.25, 0.3) is 0 Å². The van der Waals surface area contributed by atoms with Gasteiger partial charge >= 0.3 is 0 Å². The maximum absolute atomic E-state index is 5.99. The van der Waals surface area contributed by atoms with Gasteiger partial charge in [0, 0.05) is 6.07 Å². The maximum atomic E-state index is 5.99. The summed E-state index contributed by atoms with van der Waals surface area (Å²) in [6.07, 6.45) is 0.159. The lowest BCUT2D eigenvalue weighted by Gasteiger charge is -2.16. The predicted octanol–water partition coefficient (Wildman–Crippen LogP) is 4.83. The van der Waals surface area contributed by atoms with E-state index in [1.807, 2.05) is 69.3 Å². The van der Waals surface area contributed by atoms with Crippen molar-refractivity contribution < 1.29 is 14.2 Å². The van der Waals surface area contributed by atoms with E-state index in [2.05, 4.69) is 17.6 Å². The van der Waals surface area contributed by atoms with Gasteiger partial charge in [0.2, 0.25) is 0 Å². The Labute approximate surface area is 164 Å². The smallest absolute Gasteiger partial charge is 0.156 e. The normalized spacial score (nSPS) is 11.9. The minimum atomic E-state index is 0.159. The number of ether oxygens (including phenoxy) is 3. The second-order valence-electron chi connectivity index (χ2n) is 7.20. The molecule has 0 saturated carbocycles. The number of hydrogen-bond acceptors (Lipinski definition) is 4. The molecule has 0 fully saturated rings. The van der Waals surface area contributed by atoms with Crippen molar-refractivity contribution in [3.05, 3.63) is 76.3 Å². The molecule has 1 heterocycles. The Bertz CT molecular complexity index is 1140. The topological polar surface area (TPSA) is 40.0 Å². The van der Waals surface area contributed by atoms with Crippen LogP contribution in [-0.2, 0) is 6.61 Å². The van der Waals surface area contributed by atoms with E-state index in [1.165, 1.54) is 0 Å². The Morgan fingerprint density at radius 2 is 1.86 bits per heavy atom. The summed E-state index contributed by atoms with van der Waals surface area (Å²) in [6, 6.07) is 17.5. The fourth-order valence-corrected chi connectivity index (χ4v) is 3.09. The minimum Gasteiger partial charge on any atom is -0.491 e. The molecule has 0 saturated heterocycles.